The zero-order valence-electron chi connectivity index (χ0n) is 11.7. The van der Waals surface area contributed by atoms with E-state index in [2.05, 4.69) is 5.32 Å². The molecule has 0 saturated heterocycles. The minimum atomic E-state index is -0.536. The number of halogens is 2. The monoisotopic (exact) mass is 337 g/mol. The van der Waals surface area contributed by atoms with Crippen LogP contribution in [0.4, 0.5) is 5.69 Å². The van der Waals surface area contributed by atoms with Gasteiger partial charge in [-0.2, -0.15) is 0 Å². The molecule has 1 amide bonds. The van der Waals surface area contributed by atoms with Crippen molar-refractivity contribution in [3.05, 3.63) is 63.6 Å². The van der Waals surface area contributed by atoms with Crippen molar-refractivity contribution in [2.75, 3.05) is 11.9 Å². The molecule has 0 aliphatic carbocycles. The van der Waals surface area contributed by atoms with Crippen molar-refractivity contribution in [1.82, 2.24) is 0 Å². The van der Waals surface area contributed by atoms with Crippen LogP contribution in [-0.2, 0) is 4.74 Å². The Morgan fingerprint density at radius 1 is 1.14 bits per heavy atom. The van der Waals surface area contributed by atoms with Crippen LogP contribution >= 0.6 is 23.2 Å². The van der Waals surface area contributed by atoms with Gasteiger partial charge in [0.2, 0.25) is 0 Å². The van der Waals surface area contributed by atoms with E-state index in [0.717, 1.165) is 0 Å². The Morgan fingerprint density at radius 3 is 2.59 bits per heavy atom. The van der Waals surface area contributed by atoms with Crippen LogP contribution in [0.3, 0.4) is 0 Å². The maximum absolute atomic E-state index is 12.1. The predicted octanol–water partition coefficient (Wildman–Crippen LogP) is 4.42. The summed E-state index contributed by atoms with van der Waals surface area (Å²) in [4.78, 5) is 23.9. The molecule has 0 unspecified atom stereocenters. The van der Waals surface area contributed by atoms with Gasteiger partial charge in [-0.15, -0.1) is 0 Å². The van der Waals surface area contributed by atoms with Crippen LogP contribution in [-0.4, -0.2) is 18.5 Å². The molecule has 0 spiro atoms. The number of nitrogens with one attached hydrogen (secondary N) is 1. The van der Waals surface area contributed by atoms with Gasteiger partial charge in [0.05, 0.1) is 17.2 Å². The number of carbonyl (C=O) groups excluding carboxylic acids is 2. The van der Waals surface area contributed by atoms with E-state index in [1.54, 1.807) is 37.3 Å². The molecular formula is C16H13Cl2NO3. The molecule has 0 atom stereocenters. The molecule has 0 fully saturated rings. The zero-order chi connectivity index (χ0) is 16.1. The van der Waals surface area contributed by atoms with Gasteiger partial charge in [0.25, 0.3) is 5.91 Å². The molecule has 0 aliphatic rings. The topological polar surface area (TPSA) is 55.4 Å². The van der Waals surface area contributed by atoms with Crippen molar-refractivity contribution in [3.63, 3.8) is 0 Å². The minimum Gasteiger partial charge on any atom is -0.462 e. The number of esters is 1. The average Bonchev–Trinajstić information content (AvgIpc) is 2.49. The lowest BCUT2D eigenvalue weighted by atomic mass is 10.1. The summed E-state index contributed by atoms with van der Waals surface area (Å²) in [5, 5.41) is 3.42. The maximum atomic E-state index is 12.1. The molecule has 2 aromatic rings. The van der Waals surface area contributed by atoms with E-state index in [4.69, 9.17) is 27.9 Å². The highest BCUT2D eigenvalue weighted by Gasteiger charge is 2.14. The van der Waals surface area contributed by atoms with E-state index in [-0.39, 0.29) is 23.1 Å². The third-order valence-corrected chi connectivity index (χ3v) is 3.37. The summed E-state index contributed by atoms with van der Waals surface area (Å²) in [6, 6.07) is 11.2. The molecule has 0 saturated carbocycles. The Kier molecular flexibility index (Phi) is 5.41. The summed E-state index contributed by atoms with van der Waals surface area (Å²) in [7, 11) is 0. The second kappa shape index (κ2) is 7.29. The lowest BCUT2D eigenvalue weighted by Crippen LogP contribution is -2.13. The Bertz CT molecular complexity index is 716. The van der Waals surface area contributed by atoms with Crippen molar-refractivity contribution in [2.45, 2.75) is 6.92 Å². The van der Waals surface area contributed by atoms with Crippen molar-refractivity contribution >= 4 is 40.8 Å². The molecular weight excluding hydrogens is 325 g/mol. The van der Waals surface area contributed by atoms with Gasteiger partial charge < -0.3 is 10.1 Å². The van der Waals surface area contributed by atoms with Crippen LogP contribution < -0.4 is 5.32 Å². The fourth-order valence-corrected chi connectivity index (χ4v) is 2.19. The Balaban J connectivity index is 2.21. The predicted molar refractivity (Wildman–Crippen MR) is 86.8 cm³/mol. The summed E-state index contributed by atoms with van der Waals surface area (Å²) in [6.45, 7) is 1.95. The smallest absolute Gasteiger partial charge is 0.339 e. The van der Waals surface area contributed by atoms with Crippen LogP contribution in [0.1, 0.15) is 27.6 Å². The maximum Gasteiger partial charge on any atom is 0.339 e. The van der Waals surface area contributed by atoms with E-state index < -0.39 is 5.97 Å². The fraction of sp³-hybridized carbons (Fsp3) is 0.125. The highest BCUT2D eigenvalue weighted by molar-refractivity contribution is 6.33. The highest BCUT2D eigenvalue weighted by atomic mass is 35.5. The molecule has 6 heteroatoms. The molecule has 22 heavy (non-hydrogen) atoms. The van der Waals surface area contributed by atoms with Crippen molar-refractivity contribution in [1.29, 1.82) is 0 Å². The van der Waals surface area contributed by atoms with Crippen molar-refractivity contribution in [3.8, 4) is 0 Å². The minimum absolute atomic E-state index is 0.201. The number of anilines is 1. The van der Waals surface area contributed by atoms with Crippen LogP contribution in [0.25, 0.3) is 0 Å². The summed E-state index contributed by atoms with van der Waals surface area (Å²) in [5.41, 5.74) is 1.06. The van der Waals surface area contributed by atoms with Crippen LogP contribution in [0.2, 0.25) is 10.0 Å². The third kappa shape index (κ3) is 4.00. The van der Waals surface area contributed by atoms with Crippen molar-refractivity contribution in [2.24, 2.45) is 0 Å². The quantitative estimate of drug-likeness (QED) is 0.840. The summed E-state index contributed by atoms with van der Waals surface area (Å²) >= 11 is 11.8. The fourth-order valence-electron chi connectivity index (χ4n) is 1.80. The van der Waals surface area contributed by atoms with Gasteiger partial charge >= 0.3 is 5.97 Å². The standard InChI is InChI=1S/C16H13Cl2NO3/c1-2-22-16(21)13-9-12(6-7-14(13)18)19-15(20)10-4-3-5-11(17)8-10/h3-9H,2H2,1H3,(H,19,20). The van der Waals surface area contributed by atoms with Gasteiger partial charge in [-0.25, -0.2) is 4.79 Å². The zero-order valence-corrected chi connectivity index (χ0v) is 13.2. The Hall–Kier alpha value is -2.04. The lowest BCUT2D eigenvalue weighted by Gasteiger charge is -2.09. The van der Waals surface area contributed by atoms with E-state index in [0.29, 0.717) is 16.3 Å². The number of ether oxygens (including phenoxy) is 1. The van der Waals surface area contributed by atoms with E-state index in [1.165, 1.54) is 12.1 Å². The van der Waals surface area contributed by atoms with Crippen LogP contribution in [0, 0.1) is 0 Å². The van der Waals surface area contributed by atoms with E-state index in [1.807, 2.05) is 0 Å². The van der Waals surface area contributed by atoms with Crippen LogP contribution in [0.5, 0.6) is 0 Å². The highest BCUT2D eigenvalue weighted by Crippen LogP contribution is 2.22. The third-order valence-electron chi connectivity index (χ3n) is 2.81. The summed E-state index contributed by atoms with van der Waals surface area (Å²) in [6.07, 6.45) is 0. The molecule has 0 aromatic heterocycles. The molecule has 114 valence electrons. The summed E-state index contributed by atoms with van der Waals surface area (Å²) < 4.78 is 4.92. The number of carbonyl (C=O) groups is 2. The molecule has 0 radical (unpaired) electrons. The number of benzene rings is 2. The SMILES string of the molecule is CCOC(=O)c1cc(NC(=O)c2cccc(Cl)c2)ccc1Cl. The number of hydrogen-bond donors (Lipinski definition) is 1. The van der Waals surface area contributed by atoms with Gasteiger partial charge in [-0.1, -0.05) is 29.3 Å². The Labute approximate surface area is 138 Å². The molecule has 0 bridgehead atoms. The van der Waals surface area contributed by atoms with Gasteiger partial charge in [0.1, 0.15) is 0 Å². The second-order valence-electron chi connectivity index (χ2n) is 4.38. The van der Waals surface area contributed by atoms with Gasteiger partial charge in [-0.3, -0.25) is 4.79 Å². The molecule has 2 aromatic carbocycles. The second-order valence-corrected chi connectivity index (χ2v) is 5.22. The first-order valence-electron chi connectivity index (χ1n) is 6.55. The van der Waals surface area contributed by atoms with Gasteiger partial charge in [-0.05, 0) is 43.3 Å². The molecule has 2 rings (SSSR count). The largest absolute Gasteiger partial charge is 0.462 e. The molecule has 4 nitrogen and oxygen atoms in total. The first-order chi connectivity index (χ1) is 10.5. The lowest BCUT2D eigenvalue weighted by molar-refractivity contribution is 0.0526. The summed E-state index contributed by atoms with van der Waals surface area (Å²) in [5.74, 6) is -0.869. The number of hydrogen-bond acceptors (Lipinski definition) is 3. The van der Waals surface area contributed by atoms with Gasteiger partial charge in [0, 0.05) is 16.3 Å². The normalized spacial score (nSPS) is 10.1. The first-order valence-corrected chi connectivity index (χ1v) is 7.30. The van der Waals surface area contributed by atoms with E-state index >= 15 is 0 Å². The molecule has 0 aliphatic heterocycles. The van der Waals surface area contributed by atoms with Crippen LogP contribution in [0.15, 0.2) is 42.5 Å². The van der Waals surface area contributed by atoms with Gasteiger partial charge in [0.15, 0.2) is 0 Å². The molecule has 0 heterocycles. The average molecular weight is 338 g/mol. The van der Waals surface area contributed by atoms with E-state index in [9.17, 15) is 9.59 Å². The Morgan fingerprint density at radius 2 is 1.91 bits per heavy atom. The first kappa shape index (κ1) is 16.3. The number of amides is 1. The number of rotatable bonds is 4. The molecule has 1 N–H and O–H groups in total. The van der Waals surface area contributed by atoms with Crippen molar-refractivity contribution < 1.29 is 14.3 Å².